The van der Waals surface area contributed by atoms with Crippen molar-refractivity contribution >= 4 is 37.5 Å². The fraction of sp³-hybridized carbons (Fsp3) is 0.125. The number of benzene rings is 2. The summed E-state index contributed by atoms with van der Waals surface area (Å²) >= 11 is 0. The number of carboxylic acid groups (broad SMARTS) is 1. The molecule has 0 saturated heterocycles. The molecule has 2 aromatic carbocycles. The lowest BCUT2D eigenvalue weighted by atomic mass is 10.2. The molecule has 1 heterocycles. The number of sulfonamides is 1. The lowest BCUT2D eigenvalue weighted by molar-refractivity contribution is 0.0696. The summed E-state index contributed by atoms with van der Waals surface area (Å²) in [4.78, 5) is 23.1. The van der Waals surface area contributed by atoms with Gasteiger partial charge in [-0.05, 0) is 35.9 Å². The number of carbonyl (C=O) groups is 2. The molecule has 0 atom stereocenters. The fourth-order valence-corrected chi connectivity index (χ4v) is 4.67. The third-order valence-corrected chi connectivity index (χ3v) is 6.84. The summed E-state index contributed by atoms with van der Waals surface area (Å²) in [5.41, 5.74) is 0.151. The van der Waals surface area contributed by atoms with E-state index in [-0.39, 0.29) is 27.6 Å². The van der Waals surface area contributed by atoms with Crippen LogP contribution in [0.4, 0.5) is 10.5 Å². The summed E-state index contributed by atoms with van der Waals surface area (Å²) in [7, 11) is -7.69. The van der Waals surface area contributed by atoms with Crippen molar-refractivity contribution < 1.29 is 31.5 Å². The van der Waals surface area contributed by atoms with Crippen molar-refractivity contribution in [3.63, 3.8) is 0 Å². The Balaban J connectivity index is 1.98. The topological polar surface area (TPSA) is 138 Å². The zero-order valence-electron chi connectivity index (χ0n) is 13.9. The minimum atomic E-state index is -4.29. The Morgan fingerprint density at radius 1 is 1.15 bits per heavy atom. The summed E-state index contributed by atoms with van der Waals surface area (Å²) in [5, 5.41) is 11.5. The highest BCUT2D eigenvalue weighted by molar-refractivity contribution is 7.90. The van der Waals surface area contributed by atoms with Gasteiger partial charge in [-0.2, -0.15) is 0 Å². The number of nitrogens with zero attached hydrogens (tertiary/aromatic N) is 1. The molecule has 0 aromatic heterocycles. The van der Waals surface area contributed by atoms with E-state index in [9.17, 15) is 26.4 Å². The van der Waals surface area contributed by atoms with Gasteiger partial charge in [-0.25, -0.2) is 30.7 Å². The number of urea groups is 1. The van der Waals surface area contributed by atoms with Gasteiger partial charge >= 0.3 is 12.0 Å². The minimum absolute atomic E-state index is 0.00586. The highest BCUT2D eigenvalue weighted by atomic mass is 32.2. The Morgan fingerprint density at radius 3 is 2.33 bits per heavy atom. The van der Waals surface area contributed by atoms with Crippen LogP contribution in [0.15, 0.2) is 52.3 Å². The van der Waals surface area contributed by atoms with Crippen LogP contribution in [0, 0.1) is 0 Å². The molecule has 0 radical (unpaired) electrons. The molecule has 2 amide bonds. The number of aromatic carboxylic acids is 1. The number of anilines is 1. The standard InChI is InChI=1S/C16H14N2O7S2/c1-26(22,23)12-5-2-10(3-6-12)9-18-16(21)17-13-7-4-11(15(19)20)8-14(13)27(18,24)25/h2-8H,9H2,1H3,(H,17,21)(H,19,20). The largest absolute Gasteiger partial charge is 0.478 e. The molecule has 0 bridgehead atoms. The fourth-order valence-electron chi connectivity index (χ4n) is 2.54. The second-order valence-corrected chi connectivity index (χ2v) is 9.72. The van der Waals surface area contributed by atoms with Crippen molar-refractivity contribution in [1.29, 1.82) is 0 Å². The molecule has 0 fully saturated rings. The highest BCUT2D eigenvalue weighted by Gasteiger charge is 2.37. The molecule has 11 heteroatoms. The Bertz CT molecular complexity index is 1150. The van der Waals surface area contributed by atoms with Gasteiger partial charge in [0.15, 0.2) is 9.84 Å². The summed E-state index contributed by atoms with van der Waals surface area (Å²) in [6, 6.07) is 7.93. The number of carbonyl (C=O) groups excluding carboxylic acids is 1. The lowest BCUT2D eigenvalue weighted by Gasteiger charge is -2.29. The lowest BCUT2D eigenvalue weighted by Crippen LogP contribution is -2.43. The maximum Gasteiger partial charge on any atom is 0.336 e. The van der Waals surface area contributed by atoms with E-state index in [1.165, 1.54) is 36.4 Å². The zero-order chi connectivity index (χ0) is 20.0. The highest BCUT2D eigenvalue weighted by Crippen LogP contribution is 2.32. The molecule has 1 aliphatic rings. The molecular weight excluding hydrogens is 396 g/mol. The zero-order valence-corrected chi connectivity index (χ0v) is 15.5. The second-order valence-electron chi connectivity index (χ2n) is 5.87. The third kappa shape index (κ3) is 3.51. The molecule has 3 rings (SSSR count). The normalized spacial score (nSPS) is 15.7. The number of fused-ring (bicyclic) bond motifs is 1. The van der Waals surface area contributed by atoms with Crippen molar-refractivity contribution in [2.45, 2.75) is 16.3 Å². The molecule has 1 aliphatic heterocycles. The number of rotatable bonds is 4. The van der Waals surface area contributed by atoms with Crippen LogP contribution in [-0.4, -0.2) is 44.5 Å². The first-order valence-electron chi connectivity index (χ1n) is 7.50. The Morgan fingerprint density at radius 2 is 1.78 bits per heavy atom. The van der Waals surface area contributed by atoms with Crippen LogP contribution in [-0.2, 0) is 26.4 Å². The van der Waals surface area contributed by atoms with Gasteiger partial charge in [0.25, 0.3) is 10.0 Å². The summed E-state index contributed by atoms with van der Waals surface area (Å²) in [6.07, 6.45) is 1.04. The molecule has 0 saturated carbocycles. The Labute approximate surface area is 155 Å². The minimum Gasteiger partial charge on any atom is -0.478 e. The van der Waals surface area contributed by atoms with Gasteiger partial charge in [-0.15, -0.1) is 0 Å². The van der Waals surface area contributed by atoms with Crippen LogP contribution in [0.5, 0.6) is 0 Å². The van der Waals surface area contributed by atoms with Gasteiger partial charge in [0.2, 0.25) is 0 Å². The first kappa shape index (κ1) is 18.9. The van der Waals surface area contributed by atoms with Crippen molar-refractivity contribution in [2.24, 2.45) is 0 Å². The SMILES string of the molecule is CS(=O)(=O)c1ccc(CN2C(=O)Nc3ccc(C(=O)O)cc3S2(=O)=O)cc1. The van der Waals surface area contributed by atoms with Gasteiger partial charge in [0.1, 0.15) is 4.90 Å². The molecule has 2 N–H and O–H groups in total. The molecular formula is C16H14N2O7S2. The molecule has 9 nitrogen and oxygen atoms in total. The van der Waals surface area contributed by atoms with Crippen LogP contribution < -0.4 is 5.32 Å². The van der Waals surface area contributed by atoms with Crippen LogP contribution in [0.1, 0.15) is 15.9 Å². The van der Waals surface area contributed by atoms with E-state index in [2.05, 4.69) is 5.32 Å². The quantitative estimate of drug-likeness (QED) is 0.779. The van der Waals surface area contributed by atoms with E-state index in [1.807, 2.05) is 0 Å². The van der Waals surface area contributed by atoms with Crippen molar-refractivity contribution in [2.75, 3.05) is 11.6 Å². The number of amides is 2. The first-order valence-corrected chi connectivity index (χ1v) is 10.8. The molecule has 27 heavy (non-hydrogen) atoms. The van der Waals surface area contributed by atoms with E-state index in [0.29, 0.717) is 9.87 Å². The second kappa shape index (κ2) is 6.35. The molecule has 142 valence electrons. The van der Waals surface area contributed by atoms with E-state index in [4.69, 9.17) is 5.11 Å². The molecule has 0 spiro atoms. The van der Waals surface area contributed by atoms with Crippen molar-refractivity contribution in [3.8, 4) is 0 Å². The van der Waals surface area contributed by atoms with Gasteiger partial charge in [0, 0.05) is 6.26 Å². The predicted octanol–water partition coefficient (Wildman–Crippen LogP) is 1.52. The summed E-state index contributed by atoms with van der Waals surface area (Å²) in [6.45, 7) is -0.338. The number of sulfone groups is 1. The van der Waals surface area contributed by atoms with Crippen LogP contribution >= 0.6 is 0 Å². The maximum absolute atomic E-state index is 12.8. The average molecular weight is 410 g/mol. The smallest absolute Gasteiger partial charge is 0.336 e. The van der Waals surface area contributed by atoms with E-state index >= 15 is 0 Å². The van der Waals surface area contributed by atoms with Gasteiger partial charge in [-0.1, -0.05) is 12.1 Å². The van der Waals surface area contributed by atoms with Crippen LogP contribution in [0.3, 0.4) is 0 Å². The molecule has 0 aliphatic carbocycles. The van der Waals surface area contributed by atoms with Gasteiger partial charge in [-0.3, -0.25) is 0 Å². The number of hydrogen-bond donors (Lipinski definition) is 2. The first-order chi connectivity index (χ1) is 12.5. The van der Waals surface area contributed by atoms with Gasteiger partial charge < -0.3 is 10.4 Å². The van der Waals surface area contributed by atoms with E-state index in [1.54, 1.807) is 0 Å². The van der Waals surface area contributed by atoms with Crippen LogP contribution in [0.2, 0.25) is 0 Å². The number of carboxylic acids is 1. The summed E-state index contributed by atoms with van der Waals surface area (Å²) < 4.78 is 49.1. The monoisotopic (exact) mass is 410 g/mol. The van der Waals surface area contributed by atoms with Crippen molar-refractivity contribution in [3.05, 3.63) is 53.6 Å². The Hall–Kier alpha value is -2.92. The third-order valence-electron chi connectivity index (χ3n) is 3.94. The Kier molecular flexibility index (Phi) is 4.44. The summed E-state index contributed by atoms with van der Waals surface area (Å²) in [5.74, 6) is -1.30. The average Bonchev–Trinajstić information content (AvgIpc) is 2.58. The molecule has 2 aromatic rings. The predicted molar refractivity (Wildman–Crippen MR) is 94.7 cm³/mol. The number of hydrogen-bond acceptors (Lipinski definition) is 6. The van der Waals surface area contributed by atoms with E-state index in [0.717, 1.165) is 12.3 Å². The molecule has 0 unspecified atom stereocenters. The number of nitrogens with one attached hydrogen (secondary N) is 1. The van der Waals surface area contributed by atoms with Gasteiger partial charge in [0.05, 0.1) is 22.7 Å². The van der Waals surface area contributed by atoms with E-state index < -0.39 is 31.9 Å². The van der Waals surface area contributed by atoms with Crippen LogP contribution in [0.25, 0.3) is 0 Å². The maximum atomic E-state index is 12.8. The van der Waals surface area contributed by atoms with Crippen molar-refractivity contribution in [1.82, 2.24) is 4.31 Å².